The number of allylic oxidation sites excluding steroid dienone is 1. The SMILES string of the molecule is CCc1ccc(OC(C)C(=O)Oc2ccc3c(c2)OC(N)=C(C#N)C3c2ccc([N+](=O)[O-])cc2)cc1. The first-order valence-electron chi connectivity index (χ1n) is 11.2. The summed E-state index contributed by atoms with van der Waals surface area (Å²) in [6.07, 6.45) is 0.0382. The molecule has 3 aromatic rings. The fourth-order valence-corrected chi connectivity index (χ4v) is 3.89. The van der Waals surface area contributed by atoms with Gasteiger partial charge in [-0.05, 0) is 42.7 Å². The third-order valence-corrected chi connectivity index (χ3v) is 5.82. The molecule has 0 spiro atoms. The lowest BCUT2D eigenvalue weighted by molar-refractivity contribution is -0.384. The molecule has 9 heteroatoms. The Morgan fingerprint density at radius 2 is 1.81 bits per heavy atom. The molecular weight excluding hydrogens is 462 g/mol. The van der Waals surface area contributed by atoms with E-state index in [1.807, 2.05) is 12.1 Å². The molecular formula is C27H23N3O6. The van der Waals surface area contributed by atoms with Gasteiger partial charge in [0.05, 0.1) is 10.8 Å². The standard InChI is InChI=1S/C27H23N3O6/c1-3-17-4-10-20(11-5-17)34-16(2)27(31)35-21-12-13-22-24(14-21)36-26(29)23(15-28)25(22)18-6-8-19(9-7-18)30(32)33/h4-14,16,25H,3,29H2,1-2H3. The van der Waals surface area contributed by atoms with Crippen LogP contribution >= 0.6 is 0 Å². The van der Waals surface area contributed by atoms with Crippen LogP contribution < -0.4 is 19.9 Å². The number of nitrogens with two attached hydrogens (primary N) is 1. The van der Waals surface area contributed by atoms with Crippen molar-refractivity contribution in [3.8, 4) is 23.3 Å². The van der Waals surface area contributed by atoms with Crippen molar-refractivity contribution in [2.75, 3.05) is 0 Å². The normalized spacial score (nSPS) is 15.2. The van der Waals surface area contributed by atoms with E-state index in [4.69, 9.17) is 19.9 Å². The molecule has 1 heterocycles. The summed E-state index contributed by atoms with van der Waals surface area (Å²) in [5, 5.41) is 20.7. The average Bonchev–Trinajstić information content (AvgIpc) is 2.88. The number of ether oxygens (including phenoxy) is 3. The number of esters is 1. The van der Waals surface area contributed by atoms with Crippen molar-refractivity contribution in [2.45, 2.75) is 32.3 Å². The van der Waals surface area contributed by atoms with Crippen LogP contribution in [0.4, 0.5) is 5.69 Å². The van der Waals surface area contributed by atoms with Crippen molar-refractivity contribution >= 4 is 11.7 Å². The van der Waals surface area contributed by atoms with Crippen LogP contribution in [0.3, 0.4) is 0 Å². The van der Waals surface area contributed by atoms with Crippen LogP contribution in [0.2, 0.25) is 0 Å². The molecule has 182 valence electrons. The molecule has 0 bridgehead atoms. The average molecular weight is 485 g/mol. The number of carbonyl (C=O) groups is 1. The molecule has 0 saturated carbocycles. The molecule has 0 fully saturated rings. The maximum absolute atomic E-state index is 12.6. The quantitative estimate of drug-likeness (QED) is 0.219. The van der Waals surface area contributed by atoms with Crippen LogP contribution in [0.1, 0.15) is 36.5 Å². The van der Waals surface area contributed by atoms with E-state index in [-0.39, 0.29) is 22.9 Å². The van der Waals surface area contributed by atoms with E-state index in [9.17, 15) is 20.2 Å². The van der Waals surface area contributed by atoms with Crippen LogP contribution in [-0.4, -0.2) is 17.0 Å². The summed E-state index contributed by atoms with van der Waals surface area (Å²) in [6.45, 7) is 3.65. The number of nitrogens with zero attached hydrogens (tertiary/aromatic N) is 2. The lowest BCUT2D eigenvalue weighted by atomic mass is 9.83. The highest BCUT2D eigenvalue weighted by Gasteiger charge is 2.31. The van der Waals surface area contributed by atoms with Crippen LogP contribution in [0.25, 0.3) is 0 Å². The maximum atomic E-state index is 12.6. The van der Waals surface area contributed by atoms with Crippen molar-refractivity contribution in [1.82, 2.24) is 0 Å². The first-order valence-corrected chi connectivity index (χ1v) is 11.2. The van der Waals surface area contributed by atoms with Crippen LogP contribution in [-0.2, 0) is 11.2 Å². The monoisotopic (exact) mass is 485 g/mol. The largest absolute Gasteiger partial charge is 0.479 e. The summed E-state index contributed by atoms with van der Waals surface area (Å²) in [4.78, 5) is 23.1. The Kier molecular flexibility index (Phi) is 6.88. The van der Waals surface area contributed by atoms with E-state index in [1.165, 1.54) is 18.2 Å². The molecule has 0 radical (unpaired) electrons. The second-order valence-electron chi connectivity index (χ2n) is 8.15. The summed E-state index contributed by atoms with van der Waals surface area (Å²) in [7, 11) is 0. The number of benzene rings is 3. The van der Waals surface area contributed by atoms with Crippen molar-refractivity contribution < 1.29 is 23.9 Å². The molecule has 0 saturated heterocycles. The molecule has 1 aliphatic heterocycles. The van der Waals surface area contributed by atoms with Gasteiger partial charge in [-0.3, -0.25) is 10.1 Å². The second kappa shape index (κ2) is 10.2. The molecule has 2 N–H and O–H groups in total. The summed E-state index contributed by atoms with van der Waals surface area (Å²) < 4.78 is 16.8. The Balaban J connectivity index is 1.55. The number of aryl methyl sites for hydroxylation is 1. The minimum Gasteiger partial charge on any atom is -0.479 e. The predicted octanol–water partition coefficient (Wildman–Crippen LogP) is 4.75. The molecule has 2 atom stereocenters. The van der Waals surface area contributed by atoms with Gasteiger partial charge in [0, 0.05) is 23.8 Å². The maximum Gasteiger partial charge on any atom is 0.352 e. The zero-order valence-electron chi connectivity index (χ0n) is 19.6. The van der Waals surface area contributed by atoms with E-state index >= 15 is 0 Å². The topological polar surface area (TPSA) is 138 Å². The first kappa shape index (κ1) is 24.3. The lowest BCUT2D eigenvalue weighted by Crippen LogP contribution is -2.28. The summed E-state index contributed by atoms with van der Waals surface area (Å²) >= 11 is 0. The lowest BCUT2D eigenvalue weighted by Gasteiger charge is -2.26. The number of hydrogen-bond acceptors (Lipinski definition) is 8. The van der Waals surface area contributed by atoms with Crippen LogP contribution in [0.5, 0.6) is 17.2 Å². The zero-order valence-corrected chi connectivity index (χ0v) is 19.6. The highest BCUT2D eigenvalue weighted by atomic mass is 16.6. The predicted molar refractivity (Wildman–Crippen MR) is 130 cm³/mol. The number of nitro groups is 1. The van der Waals surface area contributed by atoms with Gasteiger partial charge >= 0.3 is 5.97 Å². The Hall–Kier alpha value is -4.84. The van der Waals surface area contributed by atoms with Crippen LogP contribution in [0.15, 0.2) is 78.2 Å². The molecule has 0 aromatic heterocycles. The summed E-state index contributed by atoms with van der Waals surface area (Å²) in [5.41, 5.74) is 8.52. The fraction of sp³-hybridized carbons (Fsp3) is 0.185. The number of nitro benzene ring substituents is 1. The summed E-state index contributed by atoms with van der Waals surface area (Å²) in [6, 6.07) is 20.2. The molecule has 36 heavy (non-hydrogen) atoms. The number of fused-ring (bicyclic) bond motifs is 1. The third kappa shape index (κ3) is 4.98. The minimum atomic E-state index is -0.863. The van der Waals surface area contributed by atoms with E-state index < -0.39 is 22.9 Å². The van der Waals surface area contributed by atoms with E-state index in [2.05, 4.69) is 13.0 Å². The van der Waals surface area contributed by atoms with Crippen LogP contribution in [0, 0.1) is 21.4 Å². The number of nitriles is 1. The van der Waals surface area contributed by atoms with E-state index in [1.54, 1.807) is 43.3 Å². The molecule has 3 aromatic carbocycles. The van der Waals surface area contributed by atoms with Gasteiger partial charge < -0.3 is 19.9 Å². The zero-order chi connectivity index (χ0) is 25.8. The highest BCUT2D eigenvalue weighted by Crippen LogP contribution is 2.43. The van der Waals surface area contributed by atoms with Gasteiger partial charge in [-0.15, -0.1) is 0 Å². The Labute approximate surface area is 207 Å². The number of carbonyl (C=O) groups excluding carboxylic acids is 1. The Morgan fingerprint density at radius 1 is 1.14 bits per heavy atom. The fourth-order valence-electron chi connectivity index (χ4n) is 3.89. The van der Waals surface area contributed by atoms with E-state index in [0.29, 0.717) is 22.6 Å². The van der Waals surface area contributed by atoms with Crippen molar-refractivity contribution in [3.63, 3.8) is 0 Å². The van der Waals surface area contributed by atoms with E-state index in [0.717, 1.165) is 12.0 Å². The summed E-state index contributed by atoms with van der Waals surface area (Å²) in [5.74, 6) is -0.214. The molecule has 0 aliphatic carbocycles. The third-order valence-electron chi connectivity index (χ3n) is 5.82. The molecule has 1 aliphatic rings. The Morgan fingerprint density at radius 3 is 2.42 bits per heavy atom. The van der Waals surface area contributed by atoms with Gasteiger partial charge in [0.25, 0.3) is 5.69 Å². The van der Waals surface area contributed by atoms with Gasteiger partial charge in [0.15, 0.2) is 6.10 Å². The number of hydrogen-bond donors (Lipinski definition) is 1. The molecule has 9 nitrogen and oxygen atoms in total. The smallest absolute Gasteiger partial charge is 0.352 e. The number of rotatable bonds is 7. The number of non-ortho nitro benzene ring substituents is 1. The minimum absolute atomic E-state index is 0.0682. The van der Waals surface area contributed by atoms with Gasteiger partial charge in [0.2, 0.25) is 5.88 Å². The van der Waals surface area contributed by atoms with Gasteiger partial charge in [-0.2, -0.15) is 5.26 Å². The first-order chi connectivity index (χ1) is 17.3. The molecule has 0 amide bonds. The van der Waals surface area contributed by atoms with Crippen molar-refractivity contribution in [3.05, 3.63) is 105 Å². The van der Waals surface area contributed by atoms with Gasteiger partial charge in [0.1, 0.15) is 28.9 Å². The highest BCUT2D eigenvalue weighted by molar-refractivity contribution is 5.77. The second-order valence-corrected chi connectivity index (χ2v) is 8.15. The van der Waals surface area contributed by atoms with Crippen molar-refractivity contribution in [2.24, 2.45) is 5.73 Å². The van der Waals surface area contributed by atoms with Crippen molar-refractivity contribution in [1.29, 1.82) is 5.26 Å². The molecule has 2 unspecified atom stereocenters. The van der Waals surface area contributed by atoms with Gasteiger partial charge in [-0.25, -0.2) is 4.79 Å². The Bertz CT molecular complexity index is 1370. The van der Waals surface area contributed by atoms with Gasteiger partial charge in [-0.1, -0.05) is 37.3 Å². The molecule has 4 rings (SSSR count).